The minimum Gasteiger partial charge on any atom is -0.389 e. The summed E-state index contributed by atoms with van der Waals surface area (Å²) >= 11 is 3.10. The van der Waals surface area contributed by atoms with Crippen molar-refractivity contribution in [1.29, 1.82) is 0 Å². The first-order valence-corrected chi connectivity index (χ1v) is 5.77. The number of rotatable bonds is 3. The third-order valence-corrected chi connectivity index (χ3v) is 3.03. The normalized spacial score (nSPS) is 15.2. The molecule has 5 N–H and O–H groups in total. The van der Waals surface area contributed by atoms with Crippen LogP contribution >= 0.6 is 15.9 Å². The predicted molar refractivity (Wildman–Crippen MR) is 63.1 cm³/mol. The molecule has 2 unspecified atom stereocenters. The van der Waals surface area contributed by atoms with Crippen LogP contribution in [0.25, 0.3) is 11.0 Å². The maximum Gasteiger partial charge on any atom is 0.143 e. The van der Waals surface area contributed by atoms with E-state index in [0.29, 0.717) is 16.6 Å². The molecule has 0 saturated heterocycles. The quantitative estimate of drug-likeness (QED) is 0.608. The van der Waals surface area contributed by atoms with Crippen LogP contribution in [-0.4, -0.2) is 36.6 Å². The molecule has 0 radical (unpaired) electrons. The van der Waals surface area contributed by atoms with Crippen LogP contribution < -0.4 is 5.73 Å². The molecular weight excluding hydrogens is 276 g/mol. The van der Waals surface area contributed by atoms with Crippen LogP contribution in [0.4, 0.5) is 5.82 Å². The zero-order chi connectivity index (χ0) is 11.7. The van der Waals surface area contributed by atoms with E-state index in [2.05, 4.69) is 30.9 Å². The van der Waals surface area contributed by atoms with E-state index < -0.39 is 12.2 Å². The molecule has 0 aliphatic carbocycles. The van der Waals surface area contributed by atoms with Crippen LogP contribution in [0.1, 0.15) is 11.7 Å². The Kier molecular flexibility index (Phi) is 3.08. The molecule has 86 valence electrons. The van der Waals surface area contributed by atoms with Gasteiger partial charge in [-0.2, -0.15) is 0 Å². The van der Waals surface area contributed by atoms with Gasteiger partial charge in [0.15, 0.2) is 0 Å². The Morgan fingerprint density at radius 1 is 1.44 bits per heavy atom. The lowest BCUT2D eigenvalue weighted by Gasteiger charge is -2.14. The number of nitrogens with two attached hydrogens (primary N) is 1. The van der Waals surface area contributed by atoms with Gasteiger partial charge in [0, 0.05) is 17.1 Å². The fourth-order valence-corrected chi connectivity index (χ4v) is 1.89. The van der Waals surface area contributed by atoms with E-state index in [1.165, 1.54) is 6.33 Å². The van der Waals surface area contributed by atoms with Gasteiger partial charge in [-0.25, -0.2) is 9.97 Å². The second-order valence-corrected chi connectivity index (χ2v) is 4.04. The topological polar surface area (TPSA) is 108 Å². The summed E-state index contributed by atoms with van der Waals surface area (Å²) in [6, 6.07) is 0. The van der Waals surface area contributed by atoms with Crippen molar-refractivity contribution in [3.05, 3.63) is 18.1 Å². The van der Waals surface area contributed by atoms with E-state index in [1.807, 2.05) is 0 Å². The summed E-state index contributed by atoms with van der Waals surface area (Å²) in [4.78, 5) is 10.7. The number of hydrogen-bond donors (Lipinski definition) is 4. The number of aliphatic hydroxyl groups excluding tert-OH is 2. The number of anilines is 1. The number of nitrogens with zero attached hydrogens (tertiary/aromatic N) is 2. The van der Waals surface area contributed by atoms with Crippen molar-refractivity contribution in [2.45, 2.75) is 12.2 Å². The van der Waals surface area contributed by atoms with E-state index in [1.54, 1.807) is 6.20 Å². The summed E-state index contributed by atoms with van der Waals surface area (Å²) in [6.07, 6.45) is 0.984. The molecular formula is C9H11BrN4O2. The van der Waals surface area contributed by atoms with Gasteiger partial charge < -0.3 is 20.9 Å². The van der Waals surface area contributed by atoms with Crippen LogP contribution in [-0.2, 0) is 0 Å². The summed E-state index contributed by atoms with van der Waals surface area (Å²) in [5.41, 5.74) is 6.75. The van der Waals surface area contributed by atoms with Gasteiger partial charge >= 0.3 is 0 Å². The van der Waals surface area contributed by atoms with Gasteiger partial charge in [0.05, 0.1) is 11.5 Å². The lowest BCUT2D eigenvalue weighted by atomic mass is 10.1. The number of alkyl halides is 1. The summed E-state index contributed by atoms with van der Waals surface area (Å²) in [7, 11) is 0. The minimum absolute atomic E-state index is 0.272. The molecule has 2 aromatic rings. The summed E-state index contributed by atoms with van der Waals surface area (Å²) < 4.78 is 0. The van der Waals surface area contributed by atoms with Crippen molar-refractivity contribution < 1.29 is 10.2 Å². The third kappa shape index (κ3) is 1.77. The van der Waals surface area contributed by atoms with Crippen molar-refractivity contribution in [2.75, 3.05) is 11.1 Å². The maximum absolute atomic E-state index is 9.89. The van der Waals surface area contributed by atoms with Crippen molar-refractivity contribution in [3.63, 3.8) is 0 Å². The largest absolute Gasteiger partial charge is 0.389 e. The molecule has 0 saturated carbocycles. The number of halogens is 1. The number of aromatic nitrogens is 3. The molecule has 0 spiro atoms. The van der Waals surface area contributed by atoms with Crippen LogP contribution in [0, 0.1) is 0 Å². The number of nitrogens with one attached hydrogen (secondary N) is 1. The van der Waals surface area contributed by atoms with Crippen LogP contribution in [0.3, 0.4) is 0 Å². The molecule has 16 heavy (non-hydrogen) atoms. The standard InChI is InChI=1S/C9H11BrN4O2/c10-1-5(15)7(16)4-2-12-9-6(4)8(11)13-3-14-9/h2-3,5,7,15-16H,1H2,(H3,11,12,13,14). The predicted octanol–water partition coefficient (Wildman–Crippen LogP) is 0.329. The minimum atomic E-state index is -1.03. The van der Waals surface area contributed by atoms with Gasteiger partial charge in [0.1, 0.15) is 23.9 Å². The molecule has 0 fully saturated rings. The molecule has 2 atom stereocenters. The highest BCUT2D eigenvalue weighted by Gasteiger charge is 2.22. The zero-order valence-electron chi connectivity index (χ0n) is 8.26. The van der Waals surface area contributed by atoms with Crippen molar-refractivity contribution >= 4 is 32.8 Å². The Morgan fingerprint density at radius 3 is 2.88 bits per heavy atom. The number of hydrogen-bond acceptors (Lipinski definition) is 5. The highest BCUT2D eigenvalue weighted by Crippen LogP contribution is 2.28. The molecule has 0 aromatic carbocycles. The molecule has 2 rings (SSSR count). The lowest BCUT2D eigenvalue weighted by Crippen LogP contribution is -2.19. The van der Waals surface area contributed by atoms with E-state index in [4.69, 9.17) is 5.73 Å². The Bertz CT molecular complexity index is 501. The summed E-state index contributed by atoms with van der Waals surface area (Å²) in [5.74, 6) is 0.280. The summed E-state index contributed by atoms with van der Waals surface area (Å²) in [5, 5.41) is 20.3. The Labute approximate surface area is 99.7 Å². The Balaban J connectivity index is 2.53. The van der Waals surface area contributed by atoms with Gasteiger partial charge in [-0.05, 0) is 0 Å². The smallest absolute Gasteiger partial charge is 0.143 e. The number of aliphatic hydroxyl groups is 2. The molecule has 6 nitrogen and oxygen atoms in total. The first kappa shape index (κ1) is 11.3. The third-order valence-electron chi connectivity index (χ3n) is 2.37. The summed E-state index contributed by atoms with van der Waals surface area (Å²) in [6.45, 7) is 0. The average molecular weight is 287 g/mol. The highest BCUT2D eigenvalue weighted by molar-refractivity contribution is 9.09. The molecule has 0 aliphatic rings. The first-order valence-electron chi connectivity index (χ1n) is 4.64. The molecule has 7 heteroatoms. The molecule has 2 aromatic heterocycles. The number of aromatic amines is 1. The maximum atomic E-state index is 9.89. The fourth-order valence-electron chi connectivity index (χ4n) is 1.54. The molecule has 0 amide bonds. The van der Waals surface area contributed by atoms with E-state index >= 15 is 0 Å². The van der Waals surface area contributed by atoms with Crippen LogP contribution in [0.2, 0.25) is 0 Å². The van der Waals surface area contributed by atoms with E-state index in [0.717, 1.165) is 0 Å². The Hall–Kier alpha value is -1.18. The second-order valence-electron chi connectivity index (χ2n) is 3.39. The van der Waals surface area contributed by atoms with Crippen molar-refractivity contribution in [3.8, 4) is 0 Å². The van der Waals surface area contributed by atoms with Gasteiger partial charge in [-0.3, -0.25) is 0 Å². The molecule has 0 aliphatic heterocycles. The highest BCUT2D eigenvalue weighted by atomic mass is 79.9. The van der Waals surface area contributed by atoms with Crippen molar-refractivity contribution in [1.82, 2.24) is 15.0 Å². The van der Waals surface area contributed by atoms with Gasteiger partial charge in [0.2, 0.25) is 0 Å². The fraction of sp³-hybridized carbons (Fsp3) is 0.333. The van der Waals surface area contributed by atoms with Gasteiger partial charge in [-0.1, -0.05) is 15.9 Å². The first-order chi connectivity index (χ1) is 7.65. The molecule has 2 heterocycles. The number of fused-ring (bicyclic) bond motifs is 1. The van der Waals surface area contributed by atoms with Crippen LogP contribution in [0.5, 0.6) is 0 Å². The zero-order valence-corrected chi connectivity index (χ0v) is 9.85. The Morgan fingerprint density at radius 2 is 2.19 bits per heavy atom. The SMILES string of the molecule is Nc1ncnc2[nH]cc(C(O)C(O)CBr)c12. The lowest BCUT2D eigenvalue weighted by molar-refractivity contribution is 0.0352. The van der Waals surface area contributed by atoms with Crippen LogP contribution in [0.15, 0.2) is 12.5 Å². The number of H-pyrrole nitrogens is 1. The van der Waals surface area contributed by atoms with Gasteiger partial charge in [-0.15, -0.1) is 0 Å². The monoisotopic (exact) mass is 286 g/mol. The second kappa shape index (κ2) is 4.36. The molecule has 0 bridgehead atoms. The van der Waals surface area contributed by atoms with E-state index in [9.17, 15) is 10.2 Å². The van der Waals surface area contributed by atoms with Gasteiger partial charge in [0.25, 0.3) is 0 Å². The number of nitrogen functional groups attached to an aromatic ring is 1. The van der Waals surface area contributed by atoms with Crippen molar-refractivity contribution in [2.24, 2.45) is 0 Å². The van der Waals surface area contributed by atoms with E-state index in [-0.39, 0.29) is 11.1 Å². The average Bonchev–Trinajstić information content (AvgIpc) is 2.72.